The van der Waals surface area contributed by atoms with Crippen LogP contribution in [0.2, 0.25) is 0 Å². The monoisotopic (exact) mass is 209 g/mol. The van der Waals surface area contributed by atoms with E-state index in [-0.39, 0.29) is 6.61 Å². The molecule has 0 aromatic heterocycles. The lowest BCUT2D eigenvalue weighted by Gasteiger charge is -2.25. The van der Waals surface area contributed by atoms with Crippen LogP contribution in [-0.2, 0) is 4.79 Å². The summed E-state index contributed by atoms with van der Waals surface area (Å²) in [7, 11) is 1.54. The van der Waals surface area contributed by atoms with Crippen molar-refractivity contribution in [2.45, 2.75) is 6.10 Å². The second-order valence-corrected chi connectivity index (χ2v) is 3.11. The van der Waals surface area contributed by atoms with E-state index in [4.69, 9.17) is 19.9 Å². The van der Waals surface area contributed by atoms with E-state index in [2.05, 4.69) is 0 Å². The van der Waals surface area contributed by atoms with Crippen LogP contribution < -0.4 is 19.9 Å². The van der Waals surface area contributed by atoms with Gasteiger partial charge in [0.25, 0.3) is 5.91 Å². The molecule has 0 saturated carbocycles. The second-order valence-electron chi connectivity index (χ2n) is 3.11. The van der Waals surface area contributed by atoms with Gasteiger partial charge in [0.1, 0.15) is 6.61 Å². The van der Waals surface area contributed by atoms with Crippen LogP contribution in [-0.4, -0.2) is 25.7 Å². The Balaban J connectivity index is 2.31. The van der Waals surface area contributed by atoms with Gasteiger partial charge in [0.15, 0.2) is 11.5 Å². The molecule has 1 unspecified atom stereocenters. The summed E-state index contributed by atoms with van der Waals surface area (Å²) in [4.78, 5) is 10.9. The van der Waals surface area contributed by atoms with E-state index >= 15 is 0 Å². The summed E-state index contributed by atoms with van der Waals surface area (Å²) in [6.07, 6.45) is -0.732. The summed E-state index contributed by atoms with van der Waals surface area (Å²) < 4.78 is 15.8. The molecule has 80 valence electrons. The maximum Gasteiger partial charge on any atom is 0.262 e. The van der Waals surface area contributed by atoms with Gasteiger partial charge in [-0.2, -0.15) is 0 Å². The van der Waals surface area contributed by atoms with Crippen molar-refractivity contribution in [1.82, 2.24) is 0 Å². The van der Waals surface area contributed by atoms with Gasteiger partial charge in [-0.1, -0.05) is 6.07 Å². The number of hydrogen-bond donors (Lipinski definition) is 1. The van der Waals surface area contributed by atoms with Crippen LogP contribution >= 0.6 is 0 Å². The van der Waals surface area contributed by atoms with E-state index in [1.165, 1.54) is 0 Å². The van der Waals surface area contributed by atoms with E-state index in [0.717, 1.165) is 0 Å². The van der Waals surface area contributed by atoms with Gasteiger partial charge < -0.3 is 19.9 Å². The standard InChI is InChI=1S/C10H11NO4/c1-13-6-3-2-4-7-9(6)14-5-8(15-7)10(11)12/h2-4,8H,5H2,1H3,(H2,11,12). The molecular formula is C10H11NO4. The number of ether oxygens (including phenoxy) is 3. The maximum absolute atomic E-state index is 10.9. The second kappa shape index (κ2) is 3.68. The van der Waals surface area contributed by atoms with Gasteiger partial charge >= 0.3 is 0 Å². The van der Waals surface area contributed by atoms with E-state index in [9.17, 15) is 4.79 Å². The molecule has 5 nitrogen and oxygen atoms in total. The number of benzene rings is 1. The zero-order valence-electron chi connectivity index (χ0n) is 8.23. The van der Waals surface area contributed by atoms with Crippen molar-refractivity contribution in [2.24, 2.45) is 5.73 Å². The molecule has 2 rings (SSSR count). The summed E-state index contributed by atoms with van der Waals surface area (Å²) in [5, 5.41) is 0. The average Bonchev–Trinajstić information content (AvgIpc) is 2.27. The summed E-state index contributed by atoms with van der Waals surface area (Å²) in [5.41, 5.74) is 5.12. The molecule has 1 atom stereocenters. The molecule has 1 aliphatic rings. The Morgan fingerprint density at radius 1 is 1.60 bits per heavy atom. The highest BCUT2D eigenvalue weighted by atomic mass is 16.6. The van der Waals surface area contributed by atoms with Crippen LogP contribution in [0, 0.1) is 0 Å². The summed E-state index contributed by atoms with van der Waals surface area (Å²) in [5.74, 6) is 1.03. The Bertz CT molecular complexity index is 391. The molecule has 0 fully saturated rings. The van der Waals surface area contributed by atoms with E-state index in [0.29, 0.717) is 17.2 Å². The van der Waals surface area contributed by atoms with Crippen LogP contribution in [0.15, 0.2) is 18.2 Å². The van der Waals surface area contributed by atoms with Gasteiger partial charge in [0, 0.05) is 0 Å². The smallest absolute Gasteiger partial charge is 0.262 e. The highest BCUT2D eigenvalue weighted by Gasteiger charge is 2.27. The molecule has 1 amide bonds. The number of hydrogen-bond acceptors (Lipinski definition) is 4. The van der Waals surface area contributed by atoms with Crippen molar-refractivity contribution in [3.63, 3.8) is 0 Å². The third kappa shape index (κ3) is 1.68. The number of carbonyl (C=O) groups is 1. The number of nitrogens with two attached hydrogens (primary N) is 1. The molecule has 2 N–H and O–H groups in total. The Morgan fingerprint density at radius 3 is 3.07 bits per heavy atom. The van der Waals surface area contributed by atoms with Gasteiger partial charge in [-0.15, -0.1) is 0 Å². The molecule has 5 heteroatoms. The lowest BCUT2D eigenvalue weighted by atomic mass is 10.2. The molecule has 0 spiro atoms. The highest BCUT2D eigenvalue weighted by Crippen LogP contribution is 2.39. The molecule has 1 heterocycles. The highest BCUT2D eigenvalue weighted by molar-refractivity contribution is 5.80. The van der Waals surface area contributed by atoms with Gasteiger partial charge in [-0.25, -0.2) is 0 Å². The van der Waals surface area contributed by atoms with E-state index in [1.807, 2.05) is 0 Å². The summed E-state index contributed by atoms with van der Waals surface area (Å²) in [6, 6.07) is 5.21. The van der Waals surface area contributed by atoms with Crippen molar-refractivity contribution >= 4 is 5.91 Å². The lowest BCUT2D eigenvalue weighted by molar-refractivity contribution is -0.127. The molecule has 15 heavy (non-hydrogen) atoms. The fourth-order valence-corrected chi connectivity index (χ4v) is 1.38. The van der Waals surface area contributed by atoms with Gasteiger partial charge in [0.2, 0.25) is 11.9 Å². The number of fused-ring (bicyclic) bond motifs is 1. The lowest BCUT2D eigenvalue weighted by Crippen LogP contribution is -2.40. The predicted octanol–water partition coefficient (Wildman–Crippen LogP) is 0.320. The van der Waals surface area contributed by atoms with Crippen molar-refractivity contribution < 1.29 is 19.0 Å². The topological polar surface area (TPSA) is 70.8 Å². The fraction of sp³-hybridized carbons (Fsp3) is 0.300. The first-order chi connectivity index (χ1) is 7.22. The van der Waals surface area contributed by atoms with Gasteiger partial charge in [-0.3, -0.25) is 4.79 Å². The molecule has 0 aliphatic carbocycles. The Hall–Kier alpha value is -1.91. The zero-order valence-corrected chi connectivity index (χ0v) is 8.23. The molecule has 0 saturated heterocycles. The van der Waals surface area contributed by atoms with Crippen molar-refractivity contribution in [3.05, 3.63) is 18.2 Å². The molecule has 0 bridgehead atoms. The molecule has 1 aliphatic heterocycles. The number of primary amides is 1. The molecular weight excluding hydrogens is 198 g/mol. The zero-order chi connectivity index (χ0) is 10.8. The summed E-state index contributed by atoms with van der Waals surface area (Å²) in [6.45, 7) is 0.114. The minimum atomic E-state index is -0.732. The Kier molecular flexibility index (Phi) is 2.37. The number of methoxy groups -OCH3 is 1. The Morgan fingerprint density at radius 2 is 2.40 bits per heavy atom. The number of carbonyl (C=O) groups excluding carboxylic acids is 1. The number of para-hydroxylation sites is 1. The van der Waals surface area contributed by atoms with E-state index in [1.54, 1.807) is 25.3 Å². The van der Waals surface area contributed by atoms with Crippen molar-refractivity contribution in [2.75, 3.05) is 13.7 Å². The Labute approximate surface area is 86.7 Å². The van der Waals surface area contributed by atoms with Crippen LogP contribution in [0.1, 0.15) is 0 Å². The maximum atomic E-state index is 10.9. The van der Waals surface area contributed by atoms with Crippen molar-refractivity contribution in [3.8, 4) is 17.2 Å². The SMILES string of the molecule is COc1cccc2c1OCC(C(N)=O)O2. The number of rotatable bonds is 2. The third-order valence-electron chi connectivity index (χ3n) is 2.13. The average molecular weight is 209 g/mol. The van der Waals surface area contributed by atoms with Crippen LogP contribution in [0.5, 0.6) is 17.2 Å². The first-order valence-corrected chi connectivity index (χ1v) is 4.48. The van der Waals surface area contributed by atoms with Gasteiger partial charge in [-0.05, 0) is 12.1 Å². The quantitative estimate of drug-likeness (QED) is 0.761. The third-order valence-corrected chi connectivity index (χ3v) is 2.13. The normalized spacial score (nSPS) is 18.3. The minimum Gasteiger partial charge on any atom is -0.493 e. The first kappa shape index (κ1) is 9.64. The largest absolute Gasteiger partial charge is 0.493 e. The number of amides is 1. The minimum absolute atomic E-state index is 0.114. The summed E-state index contributed by atoms with van der Waals surface area (Å²) >= 11 is 0. The molecule has 1 aromatic carbocycles. The molecule has 1 aromatic rings. The first-order valence-electron chi connectivity index (χ1n) is 4.48. The van der Waals surface area contributed by atoms with Crippen molar-refractivity contribution in [1.29, 1.82) is 0 Å². The van der Waals surface area contributed by atoms with Crippen LogP contribution in [0.3, 0.4) is 0 Å². The fourth-order valence-electron chi connectivity index (χ4n) is 1.38. The van der Waals surface area contributed by atoms with Crippen LogP contribution in [0.25, 0.3) is 0 Å². The van der Waals surface area contributed by atoms with E-state index < -0.39 is 12.0 Å². The predicted molar refractivity (Wildman–Crippen MR) is 52.1 cm³/mol. The van der Waals surface area contributed by atoms with Crippen LogP contribution in [0.4, 0.5) is 0 Å². The van der Waals surface area contributed by atoms with Gasteiger partial charge in [0.05, 0.1) is 7.11 Å². The molecule has 0 radical (unpaired) electrons.